The van der Waals surface area contributed by atoms with E-state index >= 15 is 0 Å². The molecular weight excluding hydrogens is 296 g/mol. The maximum absolute atomic E-state index is 2.57. The van der Waals surface area contributed by atoms with Gasteiger partial charge in [-0.3, -0.25) is 0 Å². The minimum Gasteiger partial charge on any atom is -0.0671 e. The van der Waals surface area contributed by atoms with E-state index in [2.05, 4.69) is 90.3 Å². The topological polar surface area (TPSA) is 0 Å². The molecule has 0 radical (unpaired) electrons. The number of rotatable bonds is 3. The first-order chi connectivity index (χ1) is 10.0. The van der Waals surface area contributed by atoms with Crippen molar-refractivity contribution in [1.82, 2.24) is 0 Å². The van der Waals surface area contributed by atoms with Gasteiger partial charge in [-0.1, -0.05) is 95.2 Å². The standard InChI is InChI=1S/C20H30Si2/c1-15-9-16(2)12-19(11-15)21(5,6)22(7,8)20-13-17(3)10-18(4)14-20/h9-14H,1-8H3. The average molecular weight is 327 g/mol. The third kappa shape index (κ3) is 3.13. The molecule has 2 aromatic carbocycles. The van der Waals surface area contributed by atoms with Gasteiger partial charge in [0, 0.05) is 0 Å². The monoisotopic (exact) mass is 326 g/mol. The first kappa shape index (κ1) is 17.2. The summed E-state index contributed by atoms with van der Waals surface area (Å²) in [5, 5.41) is 3.25. The molecule has 22 heavy (non-hydrogen) atoms. The van der Waals surface area contributed by atoms with E-state index in [1.807, 2.05) is 0 Å². The molecule has 0 N–H and O–H groups in total. The van der Waals surface area contributed by atoms with E-state index in [4.69, 9.17) is 0 Å². The number of benzene rings is 2. The molecule has 118 valence electrons. The largest absolute Gasteiger partial charge is 0.0791 e. The predicted octanol–water partition coefficient (Wildman–Crippen LogP) is 4.53. The summed E-state index contributed by atoms with van der Waals surface area (Å²) in [5.41, 5.74) is 5.61. The molecule has 0 saturated carbocycles. The number of hydrogen-bond donors (Lipinski definition) is 0. The molecule has 0 aliphatic rings. The lowest BCUT2D eigenvalue weighted by Gasteiger charge is -2.40. The maximum Gasteiger partial charge on any atom is 0.0791 e. The Labute approximate surface area is 138 Å². The summed E-state index contributed by atoms with van der Waals surface area (Å²) in [6.45, 7) is 19.2. The van der Waals surface area contributed by atoms with Crippen molar-refractivity contribution >= 4 is 25.6 Å². The summed E-state index contributed by atoms with van der Waals surface area (Å²) in [5.74, 6) is 0. The smallest absolute Gasteiger partial charge is 0.0671 e. The summed E-state index contributed by atoms with van der Waals surface area (Å²) in [6, 6.07) is 14.3. The van der Waals surface area contributed by atoms with Crippen molar-refractivity contribution in [2.24, 2.45) is 0 Å². The lowest BCUT2D eigenvalue weighted by atomic mass is 10.2. The van der Waals surface area contributed by atoms with E-state index in [9.17, 15) is 0 Å². The van der Waals surface area contributed by atoms with Crippen LogP contribution in [0, 0.1) is 27.7 Å². The van der Waals surface area contributed by atoms with Gasteiger partial charge >= 0.3 is 0 Å². The fraction of sp³-hybridized carbons (Fsp3) is 0.400. The molecule has 0 aliphatic heterocycles. The summed E-state index contributed by atoms with van der Waals surface area (Å²) in [6.07, 6.45) is 0. The Morgan fingerprint density at radius 1 is 0.455 bits per heavy atom. The molecule has 2 rings (SSSR count). The molecule has 0 aromatic heterocycles. The highest BCUT2D eigenvalue weighted by Crippen LogP contribution is 2.21. The van der Waals surface area contributed by atoms with Crippen LogP contribution in [0.1, 0.15) is 22.3 Å². The van der Waals surface area contributed by atoms with Crippen LogP contribution in [0.15, 0.2) is 36.4 Å². The van der Waals surface area contributed by atoms with Crippen molar-refractivity contribution in [2.45, 2.75) is 53.9 Å². The van der Waals surface area contributed by atoms with Crippen LogP contribution in [0.5, 0.6) is 0 Å². The van der Waals surface area contributed by atoms with Crippen LogP contribution in [0.3, 0.4) is 0 Å². The van der Waals surface area contributed by atoms with E-state index in [-0.39, 0.29) is 0 Å². The Morgan fingerprint density at radius 3 is 0.909 bits per heavy atom. The Bertz CT molecular complexity index is 595. The van der Waals surface area contributed by atoms with Gasteiger partial charge in [-0.2, -0.15) is 0 Å². The Kier molecular flexibility index (Phi) is 4.56. The molecule has 0 unspecified atom stereocenters. The van der Waals surface area contributed by atoms with Gasteiger partial charge < -0.3 is 0 Å². The zero-order chi connectivity index (χ0) is 16.7. The van der Waals surface area contributed by atoms with Crippen molar-refractivity contribution < 1.29 is 0 Å². The van der Waals surface area contributed by atoms with E-state index in [0.717, 1.165) is 0 Å². The van der Waals surface area contributed by atoms with Gasteiger partial charge in [0.05, 0.1) is 15.2 Å². The molecule has 0 saturated heterocycles. The van der Waals surface area contributed by atoms with Crippen LogP contribution < -0.4 is 10.4 Å². The van der Waals surface area contributed by atoms with Crippen molar-refractivity contribution in [1.29, 1.82) is 0 Å². The van der Waals surface area contributed by atoms with Crippen molar-refractivity contribution in [2.75, 3.05) is 0 Å². The first-order valence-electron chi connectivity index (χ1n) is 8.21. The molecule has 0 bridgehead atoms. The van der Waals surface area contributed by atoms with Gasteiger partial charge in [0.25, 0.3) is 0 Å². The van der Waals surface area contributed by atoms with Crippen LogP contribution in [0.2, 0.25) is 26.2 Å². The van der Waals surface area contributed by atoms with E-state index in [1.54, 1.807) is 10.4 Å². The fourth-order valence-electron chi connectivity index (χ4n) is 3.39. The van der Waals surface area contributed by atoms with Gasteiger partial charge in [-0.05, 0) is 27.7 Å². The quantitative estimate of drug-likeness (QED) is 0.727. The van der Waals surface area contributed by atoms with Gasteiger partial charge in [0.2, 0.25) is 0 Å². The van der Waals surface area contributed by atoms with Crippen molar-refractivity contribution in [3.05, 3.63) is 58.7 Å². The Morgan fingerprint density at radius 2 is 0.682 bits per heavy atom. The second-order valence-corrected chi connectivity index (χ2v) is 23.2. The summed E-state index contributed by atoms with van der Waals surface area (Å²) >= 11 is 0. The first-order valence-corrected chi connectivity index (χ1v) is 15.2. The van der Waals surface area contributed by atoms with Crippen LogP contribution in [0.4, 0.5) is 0 Å². The summed E-state index contributed by atoms with van der Waals surface area (Å²) in [7, 11) is -3.04. The highest BCUT2D eigenvalue weighted by Gasteiger charge is 2.43. The van der Waals surface area contributed by atoms with E-state index in [0.29, 0.717) is 0 Å². The SMILES string of the molecule is Cc1cc(C)cc([Si](C)(C)[Si](C)(C)c2cc(C)cc(C)c2)c1. The lowest BCUT2D eigenvalue weighted by molar-refractivity contribution is 1.39. The second-order valence-electron chi connectivity index (χ2n) is 8.00. The lowest BCUT2D eigenvalue weighted by Crippen LogP contribution is -2.69. The van der Waals surface area contributed by atoms with E-state index in [1.165, 1.54) is 22.3 Å². The highest BCUT2D eigenvalue weighted by molar-refractivity contribution is 7.49. The van der Waals surface area contributed by atoms with Crippen molar-refractivity contribution in [3.63, 3.8) is 0 Å². The molecule has 0 spiro atoms. The van der Waals surface area contributed by atoms with Crippen LogP contribution in [-0.2, 0) is 0 Å². The van der Waals surface area contributed by atoms with Gasteiger partial charge in [0.1, 0.15) is 0 Å². The molecule has 0 aliphatic carbocycles. The molecule has 0 amide bonds. The summed E-state index contributed by atoms with van der Waals surface area (Å²) < 4.78 is 0. The fourth-order valence-corrected chi connectivity index (χ4v) is 12.4. The molecule has 0 nitrogen and oxygen atoms in total. The molecule has 0 atom stereocenters. The molecule has 2 heteroatoms. The van der Waals surface area contributed by atoms with Crippen molar-refractivity contribution in [3.8, 4) is 0 Å². The van der Waals surface area contributed by atoms with E-state index < -0.39 is 15.2 Å². The van der Waals surface area contributed by atoms with Gasteiger partial charge in [-0.15, -0.1) is 0 Å². The van der Waals surface area contributed by atoms with Gasteiger partial charge in [0.15, 0.2) is 0 Å². The molecule has 2 aromatic rings. The Balaban J connectivity index is 2.58. The maximum atomic E-state index is 2.57. The molecule has 0 heterocycles. The molecule has 0 fully saturated rings. The van der Waals surface area contributed by atoms with Crippen LogP contribution in [0.25, 0.3) is 0 Å². The zero-order valence-electron chi connectivity index (χ0n) is 15.5. The zero-order valence-corrected chi connectivity index (χ0v) is 17.5. The average Bonchev–Trinajstić information content (AvgIpc) is 2.36. The summed E-state index contributed by atoms with van der Waals surface area (Å²) in [4.78, 5) is 0. The predicted molar refractivity (Wildman–Crippen MR) is 106 cm³/mol. The van der Waals surface area contributed by atoms with Gasteiger partial charge in [-0.25, -0.2) is 0 Å². The third-order valence-corrected chi connectivity index (χ3v) is 23.1. The molecular formula is C20H30Si2. The van der Waals surface area contributed by atoms with Crippen LogP contribution in [-0.4, -0.2) is 15.2 Å². The minimum absolute atomic E-state index is 1.40. The Hall–Kier alpha value is -1.13. The normalized spacial score (nSPS) is 12.5. The van der Waals surface area contributed by atoms with Crippen LogP contribution >= 0.6 is 0 Å². The highest BCUT2D eigenvalue weighted by atomic mass is 29.3. The number of hydrogen-bond acceptors (Lipinski definition) is 0. The third-order valence-electron chi connectivity index (χ3n) is 5.45. The minimum atomic E-state index is -1.52. The second kappa shape index (κ2) is 5.82. The number of aryl methyl sites for hydroxylation is 4.